The highest BCUT2D eigenvalue weighted by Gasteiger charge is 2.48. The van der Waals surface area contributed by atoms with Gasteiger partial charge in [-0.1, -0.05) is 15.9 Å². The summed E-state index contributed by atoms with van der Waals surface area (Å²) >= 11 is 3.45. The lowest BCUT2D eigenvalue weighted by Crippen LogP contribution is -2.55. The number of ketones is 1. The number of methoxy groups -OCH3 is 1. The lowest BCUT2D eigenvalue weighted by molar-refractivity contribution is -0.173. The second kappa shape index (κ2) is 6.51. The van der Waals surface area contributed by atoms with Crippen LogP contribution in [0.1, 0.15) is 37.9 Å². The van der Waals surface area contributed by atoms with Gasteiger partial charge in [0, 0.05) is 30.0 Å². The van der Waals surface area contributed by atoms with Crippen molar-refractivity contribution in [1.82, 2.24) is 0 Å². The maximum atomic E-state index is 11.5. The Bertz CT molecular complexity index is 605. The Hall–Kier alpha value is -0.950. The molecule has 0 aromatic heterocycles. The maximum absolute atomic E-state index is 11.5. The molecular weight excluding hydrogens is 364 g/mol. The van der Waals surface area contributed by atoms with Gasteiger partial charge in [-0.25, -0.2) is 0 Å². The van der Waals surface area contributed by atoms with Crippen LogP contribution in [-0.4, -0.2) is 42.4 Å². The summed E-state index contributed by atoms with van der Waals surface area (Å²) in [6.45, 7) is 2.05. The first-order valence-corrected chi connectivity index (χ1v) is 8.55. The summed E-state index contributed by atoms with van der Waals surface area (Å²) in [7, 11) is 1.57. The van der Waals surface area contributed by atoms with Crippen molar-refractivity contribution in [1.29, 1.82) is 0 Å². The van der Waals surface area contributed by atoms with E-state index in [9.17, 15) is 9.90 Å². The van der Waals surface area contributed by atoms with Gasteiger partial charge in [-0.2, -0.15) is 0 Å². The Morgan fingerprint density at radius 2 is 2.26 bits per heavy atom. The average molecular weight is 385 g/mol. The fourth-order valence-corrected chi connectivity index (χ4v) is 3.67. The minimum Gasteiger partial charge on any atom is -0.482 e. The maximum Gasteiger partial charge on any atom is 0.158 e. The van der Waals surface area contributed by atoms with E-state index in [1.54, 1.807) is 7.11 Å². The fourth-order valence-electron chi connectivity index (χ4n) is 3.29. The number of halogens is 1. The smallest absolute Gasteiger partial charge is 0.158 e. The number of hydrogen-bond donors (Lipinski definition) is 1. The Morgan fingerprint density at radius 3 is 2.91 bits per heavy atom. The van der Waals surface area contributed by atoms with E-state index >= 15 is 0 Å². The molecule has 1 aromatic rings. The molecule has 1 heterocycles. The van der Waals surface area contributed by atoms with Gasteiger partial charge in [0.15, 0.2) is 5.60 Å². The number of ether oxygens (including phenoxy) is 3. The minimum atomic E-state index is -0.900. The number of fused-ring (bicyclic) bond motifs is 1. The summed E-state index contributed by atoms with van der Waals surface area (Å²) in [4.78, 5) is 11.5. The van der Waals surface area contributed by atoms with Crippen LogP contribution in [0.2, 0.25) is 0 Å². The van der Waals surface area contributed by atoms with E-state index in [1.807, 2.05) is 25.1 Å². The first-order chi connectivity index (χ1) is 10.9. The Morgan fingerprint density at radius 1 is 1.48 bits per heavy atom. The van der Waals surface area contributed by atoms with Gasteiger partial charge in [-0.3, -0.25) is 4.79 Å². The first kappa shape index (κ1) is 16.9. The monoisotopic (exact) mass is 384 g/mol. The number of rotatable bonds is 4. The number of benzene rings is 1. The van der Waals surface area contributed by atoms with Gasteiger partial charge in [0.1, 0.15) is 23.7 Å². The average Bonchev–Trinajstić information content (AvgIpc) is 2.90. The highest BCUT2D eigenvalue weighted by Crippen LogP contribution is 2.44. The van der Waals surface area contributed by atoms with Crippen LogP contribution in [0, 0.1) is 0 Å². The molecule has 0 bridgehead atoms. The fraction of sp³-hybridized carbons (Fsp3) is 0.588. The lowest BCUT2D eigenvalue weighted by Gasteiger charge is -2.44. The van der Waals surface area contributed by atoms with Gasteiger partial charge in [-0.05, 0) is 31.5 Å². The van der Waals surface area contributed by atoms with Gasteiger partial charge < -0.3 is 19.3 Å². The Kier molecular flexibility index (Phi) is 4.78. The molecule has 1 N–H and O–H groups in total. The van der Waals surface area contributed by atoms with Crippen molar-refractivity contribution in [3.05, 3.63) is 28.2 Å². The number of carbonyl (C=O) groups excluding carboxylic acids is 1. The van der Waals surface area contributed by atoms with Crippen molar-refractivity contribution < 1.29 is 24.1 Å². The van der Waals surface area contributed by atoms with Crippen LogP contribution in [0.25, 0.3) is 0 Å². The van der Waals surface area contributed by atoms with E-state index < -0.39 is 17.8 Å². The molecule has 0 amide bonds. The molecule has 23 heavy (non-hydrogen) atoms. The van der Waals surface area contributed by atoms with Gasteiger partial charge in [0.2, 0.25) is 0 Å². The van der Waals surface area contributed by atoms with Crippen LogP contribution in [0.4, 0.5) is 0 Å². The van der Waals surface area contributed by atoms with Gasteiger partial charge >= 0.3 is 0 Å². The molecule has 0 saturated heterocycles. The Balaban J connectivity index is 1.93. The van der Waals surface area contributed by atoms with Crippen LogP contribution < -0.4 is 4.74 Å². The second-order valence-electron chi connectivity index (χ2n) is 6.43. The van der Waals surface area contributed by atoms with E-state index in [2.05, 4.69) is 15.9 Å². The predicted octanol–water partition coefficient (Wildman–Crippen LogP) is 2.79. The minimum absolute atomic E-state index is 0.154. The molecule has 1 saturated carbocycles. The van der Waals surface area contributed by atoms with E-state index in [1.165, 1.54) is 0 Å². The zero-order valence-corrected chi connectivity index (χ0v) is 14.8. The number of Topliss-reactive ketones (excluding diaryl/α,β-unsaturated/α-hetero) is 1. The van der Waals surface area contributed by atoms with Crippen LogP contribution in [0.3, 0.4) is 0 Å². The second-order valence-corrected chi connectivity index (χ2v) is 7.35. The number of aliphatic hydroxyl groups is 1. The SMILES string of the molecule is COCC1(C)Oc2ccc(Br)cc2C(OC2CCC(=O)C2)C1O. The normalized spacial score (nSPS) is 33.4. The molecule has 1 aromatic carbocycles. The summed E-state index contributed by atoms with van der Waals surface area (Å²) in [5.41, 5.74) is -0.108. The molecule has 6 heteroatoms. The standard InChI is InChI=1S/C17H21BrO5/c1-17(9-21-2)16(20)15(22-12-5-4-11(19)8-12)13-7-10(18)3-6-14(13)23-17/h3,6-7,12,15-16,20H,4-5,8-9H2,1-2H3. The summed E-state index contributed by atoms with van der Waals surface area (Å²) in [6, 6.07) is 5.64. The zero-order chi connectivity index (χ0) is 16.6. The lowest BCUT2D eigenvalue weighted by atomic mass is 9.87. The molecule has 1 fully saturated rings. The van der Waals surface area contributed by atoms with Crippen molar-refractivity contribution in [3.8, 4) is 5.75 Å². The van der Waals surface area contributed by atoms with E-state index in [0.29, 0.717) is 25.0 Å². The van der Waals surface area contributed by atoms with Gasteiger partial charge in [0.05, 0.1) is 12.7 Å². The number of aliphatic hydroxyl groups excluding tert-OH is 1. The van der Waals surface area contributed by atoms with E-state index in [0.717, 1.165) is 10.0 Å². The largest absolute Gasteiger partial charge is 0.482 e. The van der Waals surface area contributed by atoms with Crippen LogP contribution >= 0.6 is 15.9 Å². The third-order valence-corrected chi connectivity index (χ3v) is 5.00. The van der Waals surface area contributed by atoms with Crippen LogP contribution in [0.5, 0.6) is 5.75 Å². The summed E-state index contributed by atoms with van der Waals surface area (Å²) in [5, 5.41) is 10.9. The molecule has 2 aliphatic rings. The summed E-state index contributed by atoms with van der Waals surface area (Å²) in [6.07, 6.45) is 0.0675. The Labute approximate surface area is 144 Å². The zero-order valence-electron chi connectivity index (χ0n) is 13.3. The van der Waals surface area contributed by atoms with E-state index in [-0.39, 0.29) is 18.5 Å². The highest BCUT2D eigenvalue weighted by atomic mass is 79.9. The van der Waals surface area contributed by atoms with Crippen molar-refractivity contribution in [2.75, 3.05) is 13.7 Å². The molecule has 4 atom stereocenters. The van der Waals surface area contributed by atoms with Gasteiger partial charge in [0.25, 0.3) is 0 Å². The first-order valence-electron chi connectivity index (χ1n) is 7.75. The summed E-state index contributed by atoms with van der Waals surface area (Å²) < 4.78 is 18.2. The van der Waals surface area contributed by atoms with Crippen molar-refractivity contribution in [2.45, 2.75) is 50.1 Å². The quantitative estimate of drug-likeness (QED) is 0.864. The third kappa shape index (κ3) is 3.31. The molecular formula is C17H21BrO5. The third-order valence-electron chi connectivity index (χ3n) is 4.50. The molecule has 0 spiro atoms. The van der Waals surface area contributed by atoms with Crippen LogP contribution in [0.15, 0.2) is 22.7 Å². The van der Waals surface area contributed by atoms with Crippen LogP contribution in [-0.2, 0) is 14.3 Å². The molecule has 3 rings (SSSR count). The van der Waals surface area contributed by atoms with Crippen molar-refractivity contribution in [3.63, 3.8) is 0 Å². The molecule has 5 nitrogen and oxygen atoms in total. The molecule has 4 unspecified atom stereocenters. The molecule has 1 aliphatic heterocycles. The highest BCUT2D eigenvalue weighted by molar-refractivity contribution is 9.10. The molecule has 1 aliphatic carbocycles. The van der Waals surface area contributed by atoms with Crippen molar-refractivity contribution >= 4 is 21.7 Å². The van der Waals surface area contributed by atoms with E-state index in [4.69, 9.17) is 14.2 Å². The van der Waals surface area contributed by atoms with Gasteiger partial charge in [-0.15, -0.1) is 0 Å². The number of carbonyl (C=O) groups is 1. The van der Waals surface area contributed by atoms with Crippen molar-refractivity contribution in [2.24, 2.45) is 0 Å². The molecule has 0 radical (unpaired) electrons. The summed E-state index contributed by atoms with van der Waals surface area (Å²) in [5.74, 6) is 0.887. The number of hydrogen-bond acceptors (Lipinski definition) is 5. The molecule has 126 valence electrons. The topological polar surface area (TPSA) is 65.0 Å². The predicted molar refractivity (Wildman–Crippen MR) is 87.5 cm³/mol.